The first-order valence-electron chi connectivity index (χ1n) is 8.29. The first-order valence-corrected chi connectivity index (χ1v) is 8.29. The number of hydrogen-bond acceptors (Lipinski definition) is 6. The molecule has 28 heavy (non-hydrogen) atoms. The maximum atomic E-state index is 13.1. The highest BCUT2D eigenvalue weighted by Gasteiger charge is 2.36. The van der Waals surface area contributed by atoms with Crippen molar-refractivity contribution in [1.82, 2.24) is 30.4 Å². The van der Waals surface area contributed by atoms with Gasteiger partial charge in [0, 0.05) is 0 Å². The standard InChI is InChI=1S/C18H13FN6O3/c19-11-5-7-12(8-6-11)25-15(21-22-23-25)9-20-16(26)10-24-17(27)13-3-1-2-4-14(13)18(24)28/h1-8H,9-10H2,(H,20,26). The number of halogens is 1. The molecule has 0 fully saturated rings. The maximum absolute atomic E-state index is 13.1. The summed E-state index contributed by atoms with van der Waals surface area (Å²) in [5, 5.41) is 13.8. The van der Waals surface area contributed by atoms with Crippen molar-refractivity contribution in [2.24, 2.45) is 0 Å². The van der Waals surface area contributed by atoms with Gasteiger partial charge in [0.05, 0.1) is 23.4 Å². The highest BCUT2D eigenvalue weighted by molar-refractivity contribution is 6.22. The second-order valence-corrected chi connectivity index (χ2v) is 6.00. The number of carbonyl (C=O) groups is 3. The van der Waals surface area contributed by atoms with Gasteiger partial charge in [0.2, 0.25) is 5.91 Å². The lowest BCUT2D eigenvalue weighted by Gasteiger charge is -2.13. The molecule has 3 amide bonds. The van der Waals surface area contributed by atoms with E-state index in [1.807, 2.05) is 0 Å². The van der Waals surface area contributed by atoms with Crippen LogP contribution in [0.5, 0.6) is 0 Å². The predicted octanol–water partition coefficient (Wildman–Crippen LogP) is 0.714. The lowest BCUT2D eigenvalue weighted by atomic mass is 10.1. The molecule has 1 N–H and O–H groups in total. The number of nitrogens with zero attached hydrogens (tertiary/aromatic N) is 5. The average Bonchev–Trinajstić information content (AvgIpc) is 3.26. The van der Waals surface area contributed by atoms with Crippen molar-refractivity contribution < 1.29 is 18.8 Å². The monoisotopic (exact) mass is 380 g/mol. The van der Waals surface area contributed by atoms with Gasteiger partial charge in [0.1, 0.15) is 12.4 Å². The summed E-state index contributed by atoms with van der Waals surface area (Å²) in [5.41, 5.74) is 1.08. The number of hydrogen-bond donors (Lipinski definition) is 1. The fourth-order valence-corrected chi connectivity index (χ4v) is 2.86. The molecule has 1 aromatic heterocycles. The Morgan fingerprint density at radius 1 is 1.00 bits per heavy atom. The Hall–Kier alpha value is -3.95. The van der Waals surface area contributed by atoms with Crippen LogP contribution in [-0.2, 0) is 11.3 Å². The Kier molecular flexibility index (Phi) is 4.36. The number of benzene rings is 2. The van der Waals surface area contributed by atoms with E-state index in [4.69, 9.17) is 0 Å². The molecule has 0 saturated carbocycles. The van der Waals surface area contributed by atoms with E-state index in [0.29, 0.717) is 11.5 Å². The van der Waals surface area contributed by atoms with Crippen molar-refractivity contribution in [2.45, 2.75) is 6.54 Å². The summed E-state index contributed by atoms with van der Waals surface area (Å²) in [6.45, 7) is -0.448. The lowest BCUT2D eigenvalue weighted by molar-refractivity contribution is -0.121. The first-order chi connectivity index (χ1) is 13.5. The first kappa shape index (κ1) is 17.5. The van der Waals surface area contributed by atoms with Gasteiger partial charge >= 0.3 is 0 Å². The Balaban J connectivity index is 1.41. The number of aromatic nitrogens is 4. The van der Waals surface area contributed by atoms with Gasteiger partial charge in [-0.1, -0.05) is 12.1 Å². The molecule has 1 aliphatic rings. The third-order valence-corrected chi connectivity index (χ3v) is 4.23. The van der Waals surface area contributed by atoms with Gasteiger partial charge in [0.25, 0.3) is 11.8 Å². The summed E-state index contributed by atoms with van der Waals surface area (Å²) in [7, 11) is 0. The molecule has 0 saturated heterocycles. The predicted molar refractivity (Wildman–Crippen MR) is 92.8 cm³/mol. The minimum absolute atomic E-state index is 0.0353. The summed E-state index contributed by atoms with van der Waals surface area (Å²) < 4.78 is 14.4. The highest BCUT2D eigenvalue weighted by atomic mass is 19.1. The van der Waals surface area contributed by atoms with Gasteiger partial charge in [-0.3, -0.25) is 19.3 Å². The van der Waals surface area contributed by atoms with E-state index in [9.17, 15) is 18.8 Å². The second-order valence-electron chi connectivity index (χ2n) is 6.00. The molecule has 0 atom stereocenters. The van der Waals surface area contributed by atoms with Gasteiger partial charge in [-0.05, 0) is 46.8 Å². The molecule has 140 valence electrons. The van der Waals surface area contributed by atoms with Crippen molar-refractivity contribution in [3.63, 3.8) is 0 Å². The average molecular weight is 380 g/mol. The topological polar surface area (TPSA) is 110 Å². The van der Waals surface area contributed by atoms with Crippen LogP contribution < -0.4 is 5.32 Å². The number of rotatable bonds is 5. The minimum atomic E-state index is -0.539. The smallest absolute Gasteiger partial charge is 0.262 e. The van der Waals surface area contributed by atoms with Crippen LogP contribution in [0.25, 0.3) is 5.69 Å². The van der Waals surface area contributed by atoms with Crippen molar-refractivity contribution >= 4 is 17.7 Å². The summed E-state index contributed by atoms with van der Waals surface area (Å²) >= 11 is 0. The van der Waals surface area contributed by atoms with E-state index in [1.54, 1.807) is 24.3 Å². The molecule has 0 spiro atoms. The molecular formula is C18H13FN6O3. The largest absolute Gasteiger partial charge is 0.347 e. The van der Waals surface area contributed by atoms with Crippen LogP contribution in [0.2, 0.25) is 0 Å². The normalized spacial score (nSPS) is 13.0. The number of nitrogens with one attached hydrogen (secondary N) is 1. The fraction of sp³-hybridized carbons (Fsp3) is 0.111. The van der Waals surface area contributed by atoms with Crippen LogP contribution >= 0.6 is 0 Å². The van der Waals surface area contributed by atoms with E-state index in [2.05, 4.69) is 20.8 Å². The number of carbonyl (C=O) groups excluding carboxylic acids is 3. The van der Waals surface area contributed by atoms with Crippen molar-refractivity contribution in [3.05, 3.63) is 71.3 Å². The van der Waals surface area contributed by atoms with Crippen LogP contribution in [0.15, 0.2) is 48.5 Å². The Bertz CT molecular complexity index is 1040. The summed E-state index contributed by atoms with van der Waals surface area (Å²) in [6.07, 6.45) is 0. The zero-order valence-electron chi connectivity index (χ0n) is 14.4. The van der Waals surface area contributed by atoms with Crippen LogP contribution in [-0.4, -0.2) is 49.4 Å². The Morgan fingerprint density at radius 2 is 1.64 bits per heavy atom. The van der Waals surface area contributed by atoms with Crippen LogP contribution in [0.3, 0.4) is 0 Å². The highest BCUT2D eigenvalue weighted by Crippen LogP contribution is 2.21. The van der Waals surface area contributed by atoms with E-state index in [1.165, 1.54) is 28.9 Å². The summed E-state index contributed by atoms with van der Waals surface area (Å²) in [6, 6.07) is 11.9. The van der Waals surface area contributed by atoms with Crippen molar-refractivity contribution in [2.75, 3.05) is 6.54 Å². The molecule has 0 bridgehead atoms. The number of amides is 3. The number of imide groups is 1. The summed E-state index contributed by atoms with van der Waals surface area (Å²) in [5.74, 6) is -1.64. The molecule has 0 unspecified atom stereocenters. The van der Waals surface area contributed by atoms with Gasteiger partial charge in [0.15, 0.2) is 5.82 Å². The van der Waals surface area contributed by atoms with Crippen LogP contribution in [0.4, 0.5) is 4.39 Å². The number of tetrazole rings is 1. The van der Waals surface area contributed by atoms with Gasteiger partial charge < -0.3 is 5.32 Å². The molecule has 2 aromatic carbocycles. The Morgan fingerprint density at radius 3 is 2.29 bits per heavy atom. The zero-order chi connectivity index (χ0) is 19.7. The van der Waals surface area contributed by atoms with E-state index in [0.717, 1.165) is 4.90 Å². The maximum Gasteiger partial charge on any atom is 0.262 e. The van der Waals surface area contributed by atoms with Crippen molar-refractivity contribution in [1.29, 1.82) is 0 Å². The van der Waals surface area contributed by atoms with Gasteiger partial charge in [-0.2, -0.15) is 4.68 Å². The van der Waals surface area contributed by atoms with E-state index in [-0.39, 0.29) is 17.7 Å². The number of fused-ring (bicyclic) bond motifs is 1. The fourth-order valence-electron chi connectivity index (χ4n) is 2.86. The quantitative estimate of drug-likeness (QED) is 0.653. The van der Waals surface area contributed by atoms with Crippen molar-refractivity contribution in [3.8, 4) is 5.69 Å². The Labute approximate surface area is 157 Å². The molecule has 0 aliphatic carbocycles. The molecule has 0 radical (unpaired) electrons. The molecule has 1 aliphatic heterocycles. The SMILES string of the molecule is O=C(CN1C(=O)c2ccccc2C1=O)NCc1nnnn1-c1ccc(F)cc1. The molecule has 2 heterocycles. The lowest BCUT2D eigenvalue weighted by Crippen LogP contribution is -2.40. The second kappa shape index (κ2) is 6.99. The molecule has 10 heteroatoms. The van der Waals surface area contributed by atoms with Gasteiger partial charge in [-0.15, -0.1) is 5.10 Å². The molecule has 4 rings (SSSR count). The third kappa shape index (κ3) is 3.11. The van der Waals surface area contributed by atoms with E-state index >= 15 is 0 Å². The van der Waals surface area contributed by atoms with Crippen LogP contribution in [0.1, 0.15) is 26.5 Å². The molecule has 9 nitrogen and oxygen atoms in total. The minimum Gasteiger partial charge on any atom is -0.347 e. The zero-order valence-corrected chi connectivity index (χ0v) is 14.4. The van der Waals surface area contributed by atoms with E-state index < -0.39 is 30.1 Å². The molecular weight excluding hydrogens is 367 g/mol. The third-order valence-electron chi connectivity index (χ3n) is 4.23. The molecule has 3 aromatic rings. The summed E-state index contributed by atoms with van der Waals surface area (Å²) in [4.78, 5) is 37.7. The van der Waals surface area contributed by atoms with Gasteiger partial charge in [-0.25, -0.2) is 4.39 Å². The van der Waals surface area contributed by atoms with Crippen LogP contribution in [0, 0.1) is 5.82 Å².